The molecule has 2 aromatic heterocycles. The monoisotopic (exact) mass is 774 g/mol. The van der Waals surface area contributed by atoms with E-state index >= 15 is 0 Å². The second kappa shape index (κ2) is 14.8. The molecule has 3 heterocycles. The lowest BCUT2D eigenvalue weighted by molar-refractivity contribution is -0.247. The van der Waals surface area contributed by atoms with Crippen LogP contribution >= 0.6 is 0 Å². The standard InChI is InChI=1S/C38H42N6O12/c1-16(2)44-15-41-29-35(44)42-37(43-36(29)52)40-10-6-9-39-20-11-24(55-17(3)30(20)47)56-22-13-38(53,23(46)14-45)12-19-26(22)34(51)28-27(32(19)49)31(48)18-7-5-8-21(54-4)25(18)33(28)50/h5,7-9,15-17,20,22,24,30,45,47,49,51,53H,6,10-14H2,1-4H3,(H2,40,42,43,52)/t17?,20?,22-,24?,30?,38-/m0/s1. The van der Waals surface area contributed by atoms with Gasteiger partial charge >= 0.3 is 0 Å². The van der Waals surface area contributed by atoms with Gasteiger partial charge in [0.15, 0.2) is 29.0 Å². The molecule has 1 fully saturated rings. The van der Waals surface area contributed by atoms with Crippen molar-refractivity contribution in [1.82, 2.24) is 19.5 Å². The maximum atomic E-state index is 13.9. The third-order valence-corrected chi connectivity index (χ3v) is 10.6. The van der Waals surface area contributed by atoms with Gasteiger partial charge in [-0.25, -0.2) is 4.98 Å². The number of hydrogen-bond acceptors (Lipinski definition) is 16. The lowest BCUT2D eigenvalue weighted by Crippen LogP contribution is -2.50. The van der Waals surface area contributed by atoms with Crippen molar-refractivity contribution in [2.75, 3.05) is 25.6 Å². The number of aromatic nitrogens is 4. The predicted molar refractivity (Wildman–Crippen MR) is 198 cm³/mol. The van der Waals surface area contributed by atoms with Crippen LogP contribution in [0, 0.1) is 0 Å². The molecule has 296 valence electrons. The number of aromatic hydroxyl groups is 2. The molecule has 1 aliphatic heterocycles. The summed E-state index contributed by atoms with van der Waals surface area (Å²) in [4.78, 5) is 69.0. The first-order chi connectivity index (χ1) is 26.7. The summed E-state index contributed by atoms with van der Waals surface area (Å²) >= 11 is 0. The van der Waals surface area contributed by atoms with Crippen LogP contribution in [0.25, 0.3) is 11.2 Å². The topological polar surface area (TPSA) is 268 Å². The molecule has 0 bridgehead atoms. The van der Waals surface area contributed by atoms with Crippen molar-refractivity contribution in [2.45, 2.75) is 88.7 Å². The van der Waals surface area contributed by atoms with Crippen LogP contribution in [0.2, 0.25) is 0 Å². The Bertz CT molecular complexity index is 2340. The van der Waals surface area contributed by atoms with Crippen LogP contribution in [-0.4, -0.2) is 119 Å². The zero-order valence-corrected chi connectivity index (χ0v) is 31.0. The van der Waals surface area contributed by atoms with Crippen molar-refractivity contribution in [3.8, 4) is 17.2 Å². The summed E-state index contributed by atoms with van der Waals surface area (Å²) in [6.45, 7) is 4.76. The fourth-order valence-corrected chi connectivity index (χ4v) is 7.69. The number of fused-ring (bicyclic) bond motifs is 4. The molecule has 2 aliphatic carbocycles. The molecule has 18 heteroatoms. The number of aliphatic imine (C=N–C) groups is 1. The van der Waals surface area contributed by atoms with Crippen molar-refractivity contribution in [2.24, 2.45) is 4.99 Å². The van der Waals surface area contributed by atoms with Gasteiger partial charge in [0.05, 0.1) is 48.4 Å². The molecule has 6 atom stereocenters. The summed E-state index contributed by atoms with van der Waals surface area (Å²) in [5, 5.41) is 58.7. The number of phenols is 2. The lowest BCUT2D eigenvalue weighted by Gasteiger charge is -2.42. The van der Waals surface area contributed by atoms with Crippen LogP contribution in [0.4, 0.5) is 5.95 Å². The molecule has 7 N–H and O–H groups in total. The number of rotatable bonds is 11. The maximum Gasteiger partial charge on any atom is 0.280 e. The minimum atomic E-state index is -2.31. The van der Waals surface area contributed by atoms with Crippen molar-refractivity contribution in [3.63, 3.8) is 0 Å². The van der Waals surface area contributed by atoms with E-state index in [9.17, 15) is 44.7 Å². The molecule has 1 saturated heterocycles. The minimum Gasteiger partial charge on any atom is -0.507 e. The Kier molecular flexibility index (Phi) is 10.3. The van der Waals surface area contributed by atoms with Crippen LogP contribution in [0.15, 0.2) is 34.3 Å². The van der Waals surface area contributed by atoms with E-state index in [1.807, 2.05) is 13.8 Å². The SMILES string of the molecule is COc1cccc2c1C(=O)c1c(O)c3c(c(O)c1C2=O)C[C@@](O)(C(=O)CO)C[C@@H]3OC1CC(N=CCCNc2nc3c(ncn3C(C)C)c(=O)[nH]2)C(O)C(C)O1. The highest BCUT2D eigenvalue weighted by atomic mass is 16.7. The van der Waals surface area contributed by atoms with Gasteiger partial charge in [0.2, 0.25) is 11.7 Å². The zero-order chi connectivity index (χ0) is 40.2. The van der Waals surface area contributed by atoms with Gasteiger partial charge < -0.3 is 49.6 Å². The number of aromatic amines is 1. The van der Waals surface area contributed by atoms with Gasteiger partial charge in [-0.15, -0.1) is 0 Å². The van der Waals surface area contributed by atoms with Crippen molar-refractivity contribution >= 4 is 40.7 Å². The summed E-state index contributed by atoms with van der Waals surface area (Å²) in [7, 11) is 1.32. The number of phenolic OH excluding ortho intramolecular Hbond substituents is 2. The highest BCUT2D eigenvalue weighted by Crippen LogP contribution is 2.52. The average molecular weight is 775 g/mol. The van der Waals surface area contributed by atoms with Crippen LogP contribution in [0.5, 0.6) is 17.2 Å². The van der Waals surface area contributed by atoms with E-state index in [1.165, 1.54) is 25.3 Å². The number of methoxy groups -OCH3 is 1. The highest BCUT2D eigenvalue weighted by Gasteiger charge is 2.50. The van der Waals surface area contributed by atoms with Crippen LogP contribution < -0.4 is 15.6 Å². The smallest absolute Gasteiger partial charge is 0.280 e. The van der Waals surface area contributed by atoms with Crippen LogP contribution in [0.3, 0.4) is 0 Å². The number of ether oxygens (including phenoxy) is 3. The molecule has 0 spiro atoms. The summed E-state index contributed by atoms with van der Waals surface area (Å²) in [6.07, 6.45) is -2.11. The number of nitrogens with zero attached hydrogens (tertiary/aromatic N) is 4. The van der Waals surface area contributed by atoms with Gasteiger partial charge in [-0.1, -0.05) is 12.1 Å². The summed E-state index contributed by atoms with van der Waals surface area (Å²) in [5.74, 6) is -3.68. The van der Waals surface area contributed by atoms with Gasteiger partial charge in [-0.2, -0.15) is 4.98 Å². The third kappa shape index (κ3) is 6.52. The normalized spacial score (nSPS) is 24.7. The first-order valence-corrected chi connectivity index (χ1v) is 18.1. The van der Waals surface area contributed by atoms with Gasteiger partial charge in [0.25, 0.3) is 5.56 Å². The predicted octanol–water partition coefficient (Wildman–Crippen LogP) is 1.63. The van der Waals surface area contributed by atoms with Crippen LogP contribution in [-0.2, 0) is 20.7 Å². The van der Waals surface area contributed by atoms with Crippen molar-refractivity contribution in [1.29, 1.82) is 0 Å². The number of Topliss-reactive ketones (excluding diaryl/α,β-unsaturated/α-hetero) is 1. The van der Waals surface area contributed by atoms with Gasteiger partial charge in [0, 0.05) is 54.8 Å². The van der Waals surface area contributed by atoms with E-state index in [2.05, 4.69) is 25.3 Å². The molecule has 56 heavy (non-hydrogen) atoms. The number of anilines is 1. The Morgan fingerprint density at radius 3 is 2.64 bits per heavy atom. The molecular weight excluding hydrogens is 732 g/mol. The molecule has 2 aromatic carbocycles. The third-order valence-electron chi connectivity index (χ3n) is 10.6. The fourth-order valence-electron chi connectivity index (χ4n) is 7.69. The molecule has 0 radical (unpaired) electrons. The molecule has 18 nitrogen and oxygen atoms in total. The summed E-state index contributed by atoms with van der Waals surface area (Å²) in [5.41, 5.74) is -3.57. The first-order valence-electron chi connectivity index (χ1n) is 18.1. The lowest BCUT2D eigenvalue weighted by atomic mass is 9.72. The second-order valence-electron chi connectivity index (χ2n) is 14.4. The van der Waals surface area contributed by atoms with E-state index in [4.69, 9.17) is 14.2 Å². The van der Waals surface area contributed by atoms with Crippen molar-refractivity contribution in [3.05, 3.63) is 68.3 Å². The number of H-pyrrole nitrogens is 1. The largest absolute Gasteiger partial charge is 0.507 e. The highest BCUT2D eigenvalue weighted by molar-refractivity contribution is 6.31. The number of carbonyl (C=O) groups is 3. The molecule has 4 unspecified atom stereocenters. The molecule has 7 rings (SSSR count). The number of hydrogen-bond donors (Lipinski definition) is 7. The minimum absolute atomic E-state index is 0.0297. The molecule has 0 amide bonds. The van der Waals surface area contributed by atoms with E-state index in [0.29, 0.717) is 18.6 Å². The Labute approximate surface area is 318 Å². The Morgan fingerprint density at radius 2 is 1.93 bits per heavy atom. The molecule has 0 saturated carbocycles. The number of imidazole rings is 1. The number of benzene rings is 2. The van der Waals surface area contributed by atoms with Gasteiger partial charge in [0.1, 0.15) is 35.6 Å². The molecular formula is C38H42N6O12. The number of ketones is 3. The number of nitrogens with one attached hydrogen (secondary N) is 2. The molecule has 3 aliphatic rings. The number of carbonyl (C=O) groups excluding carboxylic acids is 3. The van der Waals surface area contributed by atoms with E-state index in [1.54, 1.807) is 24.0 Å². The molecule has 4 aromatic rings. The zero-order valence-electron chi connectivity index (χ0n) is 31.0. The summed E-state index contributed by atoms with van der Waals surface area (Å²) < 4.78 is 19.4. The maximum absolute atomic E-state index is 13.9. The van der Waals surface area contributed by atoms with E-state index < -0.39 is 95.7 Å². The van der Waals surface area contributed by atoms with Gasteiger partial charge in [-0.3, -0.25) is 29.2 Å². The fraction of sp³-hybridized carbons (Fsp3) is 0.447. The first kappa shape index (κ1) is 38.7. The van der Waals surface area contributed by atoms with Crippen molar-refractivity contribution < 1.29 is 54.1 Å². The number of aliphatic hydroxyl groups excluding tert-OH is 2. The Morgan fingerprint density at radius 1 is 1.18 bits per heavy atom. The quantitative estimate of drug-likeness (QED) is 0.0571. The van der Waals surface area contributed by atoms with E-state index in [0.717, 1.165) is 0 Å². The number of aliphatic hydroxyl groups is 3. The Hall–Kier alpha value is -5.53. The van der Waals surface area contributed by atoms with Gasteiger partial charge in [-0.05, 0) is 33.3 Å². The Balaban J connectivity index is 1.14. The summed E-state index contributed by atoms with van der Waals surface area (Å²) in [6, 6.07) is 3.63. The average Bonchev–Trinajstić information content (AvgIpc) is 3.61. The van der Waals surface area contributed by atoms with E-state index in [-0.39, 0.29) is 57.5 Å². The second-order valence-corrected chi connectivity index (χ2v) is 14.4. The van der Waals surface area contributed by atoms with Crippen LogP contribution in [0.1, 0.15) is 95.1 Å².